The topological polar surface area (TPSA) is 37.8 Å². The third-order valence-corrected chi connectivity index (χ3v) is 4.30. The van der Waals surface area contributed by atoms with Crippen LogP contribution in [0.2, 0.25) is 0 Å². The number of anilines is 1. The minimum Gasteiger partial charge on any atom is -0.369 e. The second-order valence-corrected chi connectivity index (χ2v) is 6.97. The van der Waals surface area contributed by atoms with E-state index in [0.717, 1.165) is 40.3 Å². The molecule has 1 aromatic rings. The highest BCUT2D eigenvalue weighted by molar-refractivity contribution is 14.1. The van der Waals surface area contributed by atoms with E-state index in [1.165, 1.54) is 0 Å². The molecule has 0 spiro atoms. The van der Waals surface area contributed by atoms with E-state index < -0.39 is 0 Å². The van der Waals surface area contributed by atoms with Crippen LogP contribution in [0, 0.1) is 3.57 Å². The molecule has 3 nitrogen and oxygen atoms in total. The summed E-state index contributed by atoms with van der Waals surface area (Å²) in [5.41, 5.74) is 1.20. The van der Waals surface area contributed by atoms with Crippen LogP contribution in [0.1, 0.15) is 71.8 Å². The lowest BCUT2D eigenvalue weighted by molar-refractivity contribution is 0.538. The molecule has 108 valence electrons. The first kappa shape index (κ1) is 16.7. The molecule has 0 bridgehead atoms. The molecular weight excluding hydrogens is 349 g/mol. The Bertz CT molecular complexity index is 420. The normalized spacial score (nSPS) is 12.0. The van der Waals surface area contributed by atoms with Crippen molar-refractivity contribution in [3.05, 3.63) is 15.1 Å². The van der Waals surface area contributed by atoms with Crippen molar-refractivity contribution >= 4 is 28.4 Å². The van der Waals surface area contributed by atoms with Crippen LogP contribution < -0.4 is 5.32 Å². The third kappa shape index (κ3) is 4.04. The van der Waals surface area contributed by atoms with Crippen LogP contribution in [0.3, 0.4) is 0 Å². The van der Waals surface area contributed by atoms with Gasteiger partial charge < -0.3 is 5.32 Å². The lowest BCUT2D eigenvalue weighted by atomic mass is 9.91. The zero-order chi connectivity index (χ0) is 14.6. The van der Waals surface area contributed by atoms with E-state index in [1.807, 2.05) is 0 Å². The molecule has 0 aliphatic heterocycles. The van der Waals surface area contributed by atoms with Crippen LogP contribution >= 0.6 is 22.6 Å². The van der Waals surface area contributed by atoms with E-state index in [9.17, 15) is 0 Å². The highest BCUT2D eigenvalue weighted by Gasteiger charge is 2.24. The highest BCUT2D eigenvalue weighted by Crippen LogP contribution is 2.31. The molecule has 0 atom stereocenters. The first-order valence-corrected chi connectivity index (χ1v) is 8.24. The zero-order valence-electron chi connectivity index (χ0n) is 13.0. The Hall–Kier alpha value is -0.390. The molecule has 1 heterocycles. The number of hydrogen-bond donors (Lipinski definition) is 1. The van der Waals surface area contributed by atoms with E-state index >= 15 is 0 Å². The summed E-state index contributed by atoms with van der Waals surface area (Å²) in [6, 6.07) is 0. The molecule has 0 amide bonds. The number of nitrogens with zero attached hydrogens (tertiary/aromatic N) is 2. The molecule has 0 fully saturated rings. The fraction of sp³-hybridized carbons (Fsp3) is 0.733. The minimum absolute atomic E-state index is 0.0460. The molecule has 4 heteroatoms. The molecule has 1 N–H and O–H groups in total. The highest BCUT2D eigenvalue weighted by atomic mass is 127. The summed E-state index contributed by atoms with van der Waals surface area (Å²) >= 11 is 2.37. The summed E-state index contributed by atoms with van der Waals surface area (Å²) in [7, 11) is 0. The Morgan fingerprint density at radius 1 is 1.11 bits per heavy atom. The summed E-state index contributed by atoms with van der Waals surface area (Å²) in [4.78, 5) is 9.62. The predicted molar refractivity (Wildman–Crippen MR) is 90.9 cm³/mol. The molecule has 0 unspecified atom stereocenters. The Kier molecular flexibility index (Phi) is 6.02. The van der Waals surface area contributed by atoms with Crippen molar-refractivity contribution in [2.24, 2.45) is 0 Å². The van der Waals surface area contributed by atoms with Gasteiger partial charge in [-0.1, -0.05) is 34.6 Å². The minimum atomic E-state index is 0.0460. The van der Waals surface area contributed by atoms with Crippen LogP contribution in [0.25, 0.3) is 0 Å². The molecule has 0 aliphatic rings. The first-order chi connectivity index (χ1) is 8.85. The quantitative estimate of drug-likeness (QED) is 0.758. The van der Waals surface area contributed by atoms with E-state index in [4.69, 9.17) is 9.97 Å². The lowest BCUT2D eigenvalue weighted by Gasteiger charge is -2.23. The maximum absolute atomic E-state index is 4.87. The van der Waals surface area contributed by atoms with Crippen molar-refractivity contribution in [2.45, 2.75) is 65.7 Å². The standard InChI is InChI=1S/C15H26IN3/c1-7-10(8-2)13-18-12(15(4,5)6)11(16)14(19-13)17-9-3/h10H,7-9H2,1-6H3,(H,17,18,19). The summed E-state index contributed by atoms with van der Waals surface area (Å²) in [6.07, 6.45) is 2.18. The largest absolute Gasteiger partial charge is 0.369 e. The van der Waals surface area contributed by atoms with Gasteiger partial charge in [-0.2, -0.15) is 0 Å². The van der Waals surface area contributed by atoms with Crippen LogP contribution in [0.4, 0.5) is 5.82 Å². The number of halogens is 1. The van der Waals surface area contributed by atoms with E-state index in [1.54, 1.807) is 0 Å². The Morgan fingerprint density at radius 2 is 1.68 bits per heavy atom. The van der Waals surface area contributed by atoms with Crippen LogP contribution in [0.15, 0.2) is 0 Å². The second-order valence-electron chi connectivity index (χ2n) is 5.89. The van der Waals surface area contributed by atoms with Gasteiger partial charge in [-0.3, -0.25) is 0 Å². The molecule has 1 rings (SSSR count). The fourth-order valence-electron chi connectivity index (χ4n) is 2.08. The Balaban J connectivity index is 3.38. The molecule has 0 aromatic carbocycles. The average molecular weight is 375 g/mol. The van der Waals surface area contributed by atoms with Gasteiger partial charge in [0.1, 0.15) is 11.6 Å². The second kappa shape index (κ2) is 6.86. The van der Waals surface area contributed by atoms with Crippen molar-refractivity contribution in [1.29, 1.82) is 0 Å². The van der Waals surface area contributed by atoms with Gasteiger partial charge >= 0.3 is 0 Å². The molecule has 0 saturated carbocycles. The van der Waals surface area contributed by atoms with Crippen LogP contribution in [-0.2, 0) is 5.41 Å². The van der Waals surface area contributed by atoms with Crippen molar-refractivity contribution in [1.82, 2.24) is 9.97 Å². The van der Waals surface area contributed by atoms with Crippen LogP contribution in [0.5, 0.6) is 0 Å². The van der Waals surface area contributed by atoms with Gasteiger partial charge in [0.2, 0.25) is 0 Å². The van der Waals surface area contributed by atoms with E-state index in [0.29, 0.717) is 5.92 Å². The van der Waals surface area contributed by atoms with E-state index in [-0.39, 0.29) is 5.41 Å². The number of rotatable bonds is 5. The molecule has 0 saturated heterocycles. The maximum Gasteiger partial charge on any atom is 0.143 e. The molecule has 1 aromatic heterocycles. The van der Waals surface area contributed by atoms with Gasteiger partial charge in [0.25, 0.3) is 0 Å². The number of hydrogen-bond acceptors (Lipinski definition) is 3. The smallest absolute Gasteiger partial charge is 0.143 e. The Labute approximate surface area is 131 Å². The van der Waals surface area contributed by atoms with Gasteiger partial charge in [-0.15, -0.1) is 0 Å². The SMILES string of the molecule is CCNc1nc(C(CC)CC)nc(C(C)(C)C)c1I. The van der Waals surface area contributed by atoms with Crippen molar-refractivity contribution < 1.29 is 0 Å². The summed E-state index contributed by atoms with van der Waals surface area (Å²) in [5.74, 6) is 2.44. The number of aromatic nitrogens is 2. The zero-order valence-corrected chi connectivity index (χ0v) is 15.1. The van der Waals surface area contributed by atoms with Gasteiger partial charge in [0.05, 0.1) is 9.26 Å². The van der Waals surface area contributed by atoms with E-state index in [2.05, 4.69) is 69.5 Å². The van der Waals surface area contributed by atoms with Gasteiger partial charge in [-0.25, -0.2) is 9.97 Å². The van der Waals surface area contributed by atoms with Crippen molar-refractivity contribution in [3.63, 3.8) is 0 Å². The fourth-order valence-corrected chi connectivity index (χ4v) is 3.32. The third-order valence-electron chi connectivity index (χ3n) is 3.27. The summed E-state index contributed by atoms with van der Waals surface area (Å²) < 4.78 is 1.15. The van der Waals surface area contributed by atoms with Gasteiger partial charge in [-0.05, 0) is 42.4 Å². The van der Waals surface area contributed by atoms with Gasteiger partial charge in [0, 0.05) is 17.9 Å². The first-order valence-electron chi connectivity index (χ1n) is 7.16. The Morgan fingerprint density at radius 3 is 2.11 bits per heavy atom. The average Bonchev–Trinajstić information content (AvgIpc) is 2.33. The molecule has 0 radical (unpaired) electrons. The monoisotopic (exact) mass is 375 g/mol. The van der Waals surface area contributed by atoms with Crippen molar-refractivity contribution in [3.8, 4) is 0 Å². The molecule has 19 heavy (non-hydrogen) atoms. The molecular formula is C15H26IN3. The van der Waals surface area contributed by atoms with Crippen LogP contribution in [-0.4, -0.2) is 16.5 Å². The summed E-state index contributed by atoms with van der Waals surface area (Å²) in [6.45, 7) is 14.0. The molecule has 0 aliphatic carbocycles. The summed E-state index contributed by atoms with van der Waals surface area (Å²) in [5, 5.41) is 3.37. The number of nitrogens with one attached hydrogen (secondary N) is 1. The van der Waals surface area contributed by atoms with Crippen molar-refractivity contribution in [2.75, 3.05) is 11.9 Å². The predicted octanol–water partition coefficient (Wildman–Crippen LogP) is 4.71. The van der Waals surface area contributed by atoms with Gasteiger partial charge in [0.15, 0.2) is 0 Å². The maximum atomic E-state index is 4.87. The lowest BCUT2D eigenvalue weighted by Crippen LogP contribution is -2.21.